The van der Waals surface area contributed by atoms with Gasteiger partial charge in [-0.1, -0.05) is 0 Å². The van der Waals surface area contributed by atoms with E-state index < -0.39 is 0 Å². The van der Waals surface area contributed by atoms with Gasteiger partial charge in [-0.05, 0) is 43.7 Å². The SMILES string of the molecule is Cc1ccnc(NC(=O)CCSc2nc(C)ccc2C#N)c1. The third-order valence-corrected chi connectivity index (χ3v) is 3.86. The Morgan fingerprint density at radius 3 is 2.91 bits per heavy atom. The first-order valence-corrected chi connectivity index (χ1v) is 7.80. The van der Waals surface area contributed by atoms with Crippen molar-refractivity contribution in [1.29, 1.82) is 5.26 Å². The zero-order chi connectivity index (χ0) is 15.9. The largest absolute Gasteiger partial charge is 0.311 e. The highest BCUT2D eigenvalue weighted by Gasteiger charge is 2.08. The lowest BCUT2D eigenvalue weighted by Gasteiger charge is -2.06. The van der Waals surface area contributed by atoms with Crippen LogP contribution in [-0.2, 0) is 4.79 Å². The summed E-state index contributed by atoms with van der Waals surface area (Å²) < 4.78 is 0. The zero-order valence-electron chi connectivity index (χ0n) is 12.5. The quantitative estimate of drug-likeness (QED) is 0.858. The van der Waals surface area contributed by atoms with Crippen molar-refractivity contribution in [3.63, 3.8) is 0 Å². The standard InChI is InChI=1S/C16H16N4OS/c1-11-5-7-18-14(9-11)20-15(21)6-8-22-16-13(10-17)4-3-12(2)19-16/h3-5,7,9H,6,8H2,1-2H3,(H,18,20,21). The van der Waals surface area contributed by atoms with Crippen LogP contribution in [0.25, 0.3) is 0 Å². The number of hydrogen-bond acceptors (Lipinski definition) is 5. The predicted octanol–water partition coefficient (Wildman–Crippen LogP) is 3.09. The van der Waals surface area contributed by atoms with Gasteiger partial charge in [-0.3, -0.25) is 4.79 Å². The van der Waals surface area contributed by atoms with Gasteiger partial charge in [-0.2, -0.15) is 5.26 Å². The van der Waals surface area contributed by atoms with E-state index >= 15 is 0 Å². The van der Waals surface area contributed by atoms with Crippen molar-refractivity contribution in [2.45, 2.75) is 25.3 Å². The van der Waals surface area contributed by atoms with Crippen LogP contribution in [0.5, 0.6) is 0 Å². The van der Waals surface area contributed by atoms with Crippen molar-refractivity contribution in [3.05, 3.63) is 47.3 Å². The highest BCUT2D eigenvalue weighted by molar-refractivity contribution is 7.99. The number of nitriles is 1. The molecule has 0 spiro atoms. The maximum absolute atomic E-state index is 11.9. The van der Waals surface area contributed by atoms with Crippen molar-refractivity contribution >= 4 is 23.5 Å². The smallest absolute Gasteiger partial charge is 0.226 e. The fourth-order valence-electron chi connectivity index (χ4n) is 1.78. The second-order valence-corrected chi connectivity index (χ2v) is 5.87. The molecule has 22 heavy (non-hydrogen) atoms. The highest BCUT2D eigenvalue weighted by Crippen LogP contribution is 2.21. The fraction of sp³-hybridized carbons (Fsp3) is 0.250. The number of thioether (sulfide) groups is 1. The van der Waals surface area contributed by atoms with E-state index in [1.165, 1.54) is 11.8 Å². The molecule has 0 atom stereocenters. The summed E-state index contributed by atoms with van der Waals surface area (Å²) in [6.45, 7) is 3.82. The normalized spacial score (nSPS) is 10.0. The van der Waals surface area contributed by atoms with Crippen LogP contribution in [-0.4, -0.2) is 21.6 Å². The van der Waals surface area contributed by atoms with Gasteiger partial charge in [0, 0.05) is 24.1 Å². The first-order valence-electron chi connectivity index (χ1n) is 6.81. The van der Waals surface area contributed by atoms with Crippen LogP contribution in [0, 0.1) is 25.2 Å². The molecular formula is C16H16N4OS. The van der Waals surface area contributed by atoms with Gasteiger partial charge >= 0.3 is 0 Å². The number of aryl methyl sites for hydroxylation is 2. The molecule has 112 valence electrons. The Morgan fingerprint density at radius 2 is 2.18 bits per heavy atom. The molecule has 6 heteroatoms. The first-order chi connectivity index (χ1) is 10.6. The summed E-state index contributed by atoms with van der Waals surface area (Å²) in [4.78, 5) is 20.3. The maximum atomic E-state index is 11.9. The summed E-state index contributed by atoms with van der Waals surface area (Å²) in [5, 5.41) is 12.5. The lowest BCUT2D eigenvalue weighted by atomic mass is 10.3. The Morgan fingerprint density at radius 1 is 1.36 bits per heavy atom. The summed E-state index contributed by atoms with van der Waals surface area (Å²) in [6.07, 6.45) is 2.00. The Labute approximate surface area is 133 Å². The Kier molecular flexibility index (Phi) is 5.50. The maximum Gasteiger partial charge on any atom is 0.226 e. The Hall–Kier alpha value is -2.39. The number of nitrogens with zero attached hydrogens (tertiary/aromatic N) is 3. The van der Waals surface area contributed by atoms with Crippen LogP contribution in [0.2, 0.25) is 0 Å². The summed E-state index contributed by atoms with van der Waals surface area (Å²) in [5.74, 6) is 1.01. The molecular weight excluding hydrogens is 296 g/mol. The van der Waals surface area contributed by atoms with E-state index in [1.807, 2.05) is 26.0 Å². The molecule has 1 N–H and O–H groups in total. The molecule has 0 radical (unpaired) electrons. The minimum absolute atomic E-state index is 0.100. The molecule has 0 fully saturated rings. The van der Waals surface area contributed by atoms with Gasteiger partial charge in [0.05, 0.1) is 5.56 Å². The molecule has 2 aromatic rings. The topological polar surface area (TPSA) is 78.7 Å². The van der Waals surface area contributed by atoms with Gasteiger partial charge in [0.15, 0.2) is 0 Å². The van der Waals surface area contributed by atoms with Crippen molar-refractivity contribution < 1.29 is 4.79 Å². The van der Waals surface area contributed by atoms with E-state index in [9.17, 15) is 4.79 Å². The average Bonchev–Trinajstić information content (AvgIpc) is 2.47. The van der Waals surface area contributed by atoms with Gasteiger partial charge in [0.1, 0.15) is 16.9 Å². The van der Waals surface area contributed by atoms with E-state index in [-0.39, 0.29) is 5.91 Å². The van der Waals surface area contributed by atoms with Gasteiger partial charge in [0.2, 0.25) is 5.91 Å². The monoisotopic (exact) mass is 312 g/mol. The lowest BCUT2D eigenvalue weighted by molar-refractivity contribution is -0.115. The van der Waals surface area contributed by atoms with Crippen molar-refractivity contribution in [2.75, 3.05) is 11.1 Å². The van der Waals surface area contributed by atoms with Crippen molar-refractivity contribution in [2.24, 2.45) is 0 Å². The number of pyridine rings is 2. The number of amides is 1. The highest BCUT2D eigenvalue weighted by atomic mass is 32.2. The predicted molar refractivity (Wildman–Crippen MR) is 86.6 cm³/mol. The van der Waals surface area contributed by atoms with Crippen LogP contribution in [0.3, 0.4) is 0 Å². The Bertz CT molecular complexity index is 724. The zero-order valence-corrected chi connectivity index (χ0v) is 13.3. The molecule has 0 aliphatic heterocycles. The van der Waals surface area contributed by atoms with E-state index in [4.69, 9.17) is 5.26 Å². The molecule has 1 amide bonds. The van der Waals surface area contributed by atoms with Crippen LogP contribution in [0.15, 0.2) is 35.5 Å². The number of aromatic nitrogens is 2. The number of anilines is 1. The summed E-state index contributed by atoms with van der Waals surface area (Å²) in [5.41, 5.74) is 2.44. The number of carbonyl (C=O) groups excluding carboxylic acids is 1. The minimum Gasteiger partial charge on any atom is -0.311 e. The van der Waals surface area contributed by atoms with Crippen LogP contribution >= 0.6 is 11.8 Å². The minimum atomic E-state index is -0.100. The molecule has 0 saturated carbocycles. The summed E-state index contributed by atoms with van der Waals surface area (Å²) >= 11 is 1.41. The molecule has 0 bridgehead atoms. The van der Waals surface area contributed by atoms with E-state index in [0.29, 0.717) is 28.6 Å². The Balaban J connectivity index is 1.87. The third-order valence-electron chi connectivity index (χ3n) is 2.87. The summed E-state index contributed by atoms with van der Waals surface area (Å²) in [6, 6.07) is 9.36. The van der Waals surface area contributed by atoms with Crippen LogP contribution in [0.4, 0.5) is 5.82 Å². The number of rotatable bonds is 5. The van der Waals surface area contributed by atoms with E-state index in [0.717, 1.165) is 11.3 Å². The number of carbonyl (C=O) groups is 1. The fourth-order valence-corrected chi connectivity index (χ4v) is 2.74. The number of nitrogens with one attached hydrogen (secondary N) is 1. The van der Waals surface area contributed by atoms with E-state index in [1.54, 1.807) is 18.3 Å². The van der Waals surface area contributed by atoms with Gasteiger partial charge < -0.3 is 5.32 Å². The molecule has 0 aliphatic rings. The second kappa shape index (κ2) is 7.57. The lowest BCUT2D eigenvalue weighted by Crippen LogP contribution is -2.13. The van der Waals surface area contributed by atoms with Gasteiger partial charge in [0.25, 0.3) is 0 Å². The number of hydrogen-bond donors (Lipinski definition) is 1. The third kappa shape index (κ3) is 4.57. The molecule has 0 unspecified atom stereocenters. The van der Waals surface area contributed by atoms with Crippen molar-refractivity contribution in [1.82, 2.24) is 9.97 Å². The first kappa shape index (κ1) is 16.0. The molecule has 0 aliphatic carbocycles. The molecule has 5 nitrogen and oxygen atoms in total. The second-order valence-electron chi connectivity index (χ2n) is 4.78. The van der Waals surface area contributed by atoms with Crippen LogP contribution < -0.4 is 5.32 Å². The molecule has 2 aromatic heterocycles. The van der Waals surface area contributed by atoms with Gasteiger partial charge in [-0.15, -0.1) is 11.8 Å². The molecule has 2 rings (SSSR count). The van der Waals surface area contributed by atoms with Gasteiger partial charge in [-0.25, -0.2) is 9.97 Å². The molecule has 0 aromatic carbocycles. The summed E-state index contributed by atoms with van der Waals surface area (Å²) in [7, 11) is 0. The molecule has 2 heterocycles. The van der Waals surface area contributed by atoms with Crippen molar-refractivity contribution in [3.8, 4) is 6.07 Å². The average molecular weight is 312 g/mol. The van der Waals surface area contributed by atoms with E-state index in [2.05, 4.69) is 21.4 Å². The van der Waals surface area contributed by atoms with Crippen LogP contribution in [0.1, 0.15) is 23.2 Å². The molecule has 0 saturated heterocycles.